The van der Waals surface area contributed by atoms with Crippen molar-refractivity contribution < 1.29 is 13.3 Å². The van der Waals surface area contributed by atoms with Crippen LogP contribution < -0.4 is 0 Å². The van der Waals surface area contributed by atoms with Crippen LogP contribution >= 0.6 is 0 Å². The third-order valence-electron chi connectivity index (χ3n) is 5.02. The Morgan fingerprint density at radius 1 is 1.00 bits per heavy atom. The summed E-state index contributed by atoms with van der Waals surface area (Å²) in [5.41, 5.74) is 1.27. The molecule has 0 spiro atoms. The Morgan fingerprint density at radius 3 is 2.22 bits per heavy atom. The highest BCUT2D eigenvalue weighted by molar-refractivity contribution is 7.88. The summed E-state index contributed by atoms with van der Waals surface area (Å²) in [6, 6.07) is 16.3. The smallest absolute Gasteiger partial charge is 0.273 e. The van der Waals surface area contributed by atoms with Crippen LogP contribution in [0.25, 0.3) is 0 Å². The van der Waals surface area contributed by atoms with Crippen LogP contribution in [0.3, 0.4) is 0 Å². The van der Waals surface area contributed by atoms with Crippen molar-refractivity contribution in [2.75, 3.05) is 26.2 Å². The van der Waals surface area contributed by atoms with E-state index in [0.29, 0.717) is 26.2 Å². The van der Waals surface area contributed by atoms with Gasteiger partial charge in [0, 0.05) is 43.9 Å². The molecule has 2 aromatic rings. The first-order valence-electron chi connectivity index (χ1n) is 8.87. The summed E-state index contributed by atoms with van der Waals surface area (Å²) < 4.78 is 27.0. The van der Waals surface area contributed by atoms with E-state index >= 15 is 0 Å². The highest BCUT2D eigenvalue weighted by Gasteiger charge is 2.30. The van der Waals surface area contributed by atoms with Gasteiger partial charge in [0.1, 0.15) is 0 Å². The van der Waals surface area contributed by atoms with E-state index in [4.69, 9.17) is 0 Å². The predicted molar refractivity (Wildman–Crippen MR) is 104 cm³/mol. The molecule has 1 atom stereocenters. The molecular formula is C19H23N3O4S. The van der Waals surface area contributed by atoms with Crippen LogP contribution in [0, 0.1) is 10.1 Å². The molecule has 144 valence electrons. The molecule has 1 saturated heterocycles. The molecule has 27 heavy (non-hydrogen) atoms. The van der Waals surface area contributed by atoms with Crippen molar-refractivity contribution in [2.24, 2.45) is 0 Å². The first-order chi connectivity index (χ1) is 12.9. The summed E-state index contributed by atoms with van der Waals surface area (Å²) in [5, 5.41) is 11.1. The van der Waals surface area contributed by atoms with Gasteiger partial charge in [-0.05, 0) is 12.5 Å². The van der Waals surface area contributed by atoms with Crippen LogP contribution in [0.1, 0.15) is 24.1 Å². The van der Waals surface area contributed by atoms with Gasteiger partial charge >= 0.3 is 0 Å². The van der Waals surface area contributed by atoms with Crippen molar-refractivity contribution >= 4 is 15.7 Å². The third-order valence-corrected chi connectivity index (χ3v) is 6.85. The van der Waals surface area contributed by atoms with E-state index in [9.17, 15) is 18.5 Å². The molecule has 2 aromatic carbocycles. The minimum absolute atomic E-state index is 0.155. The molecule has 3 rings (SSSR count). The number of para-hydroxylation sites is 1. The summed E-state index contributed by atoms with van der Waals surface area (Å²) in [6.45, 7) is 4.16. The van der Waals surface area contributed by atoms with Crippen LogP contribution in [-0.2, 0) is 15.8 Å². The van der Waals surface area contributed by atoms with Gasteiger partial charge in [0.15, 0.2) is 0 Å². The van der Waals surface area contributed by atoms with Crippen molar-refractivity contribution in [1.82, 2.24) is 9.21 Å². The minimum atomic E-state index is -3.60. The molecular weight excluding hydrogens is 366 g/mol. The maximum Gasteiger partial charge on any atom is 0.273 e. The average Bonchev–Trinajstić information content (AvgIpc) is 2.68. The number of nitro benzene ring substituents is 1. The third kappa shape index (κ3) is 4.52. The van der Waals surface area contributed by atoms with Crippen LogP contribution in [0.5, 0.6) is 0 Å². The summed E-state index contributed by atoms with van der Waals surface area (Å²) in [6.07, 6.45) is 0. The van der Waals surface area contributed by atoms with Gasteiger partial charge in [0.2, 0.25) is 10.0 Å². The number of hydrogen-bond donors (Lipinski definition) is 0. The van der Waals surface area contributed by atoms with Crippen molar-refractivity contribution in [1.29, 1.82) is 0 Å². The number of hydrogen-bond acceptors (Lipinski definition) is 5. The first-order valence-corrected chi connectivity index (χ1v) is 10.5. The summed E-state index contributed by atoms with van der Waals surface area (Å²) in [7, 11) is -3.60. The zero-order chi connectivity index (χ0) is 19.4. The van der Waals surface area contributed by atoms with Gasteiger partial charge in [-0.3, -0.25) is 15.0 Å². The normalized spacial score (nSPS) is 17.5. The number of benzene rings is 2. The number of sulfonamides is 1. The van der Waals surface area contributed by atoms with E-state index in [2.05, 4.69) is 24.0 Å². The predicted octanol–water partition coefficient (Wildman–Crippen LogP) is 2.80. The zero-order valence-electron chi connectivity index (χ0n) is 15.2. The lowest BCUT2D eigenvalue weighted by Crippen LogP contribution is -2.49. The molecule has 0 amide bonds. The van der Waals surface area contributed by atoms with Crippen molar-refractivity contribution in [3.63, 3.8) is 0 Å². The molecule has 1 unspecified atom stereocenters. The van der Waals surface area contributed by atoms with Crippen molar-refractivity contribution in [3.05, 3.63) is 75.8 Å². The second kappa shape index (κ2) is 8.16. The van der Waals surface area contributed by atoms with Gasteiger partial charge in [-0.25, -0.2) is 8.42 Å². The fourth-order valence-corrected chi connectivity index (χ4v) is 4.95. The number of nitrogens with zero attached hydrogens (tertiary/aromatic N) is 3. The maximum atomic E-state index is 12.8. The minimum Gasteiger partial charge on any atom is -0.294 e. The SMILES string of the molecule is CC(c1ccccc1)N1CCN(S(=O)(=O)Cc2ccccc2[N+](=O)[O-])CC1. The fourth-order valence-electron chi connectivity index (χ4n) is 3.41. The summed E-state index contributed by atoms with van der Waals surface area (Å²) >= 11 is 0. The summed E-state index contributed by atoms with van der Waals surface area (Å²) in [4.78, 5) is 12.8. The number of piperazine rings is 1. The molecule has 0 aromatic heterocycles. The van der Waals surface area contributed by atoms with E-state index in [1.54, 1.807) is 6.07 Å². The molecule has 8 heteroatoms. The molecule has 1 aliphatic rings. The highest BCUT2D eigenvalue weighted by atomic mass is 32.2. The lowest BCUT2D eigenvalue weighted by Gasteiger charge is -2.37. The molecule has 1 fully saturated rings. The zero-order valence-corrected chi connectivity index (χ0v) is 16.0. The van der Waals surface area contributed by atoms with E-state index in [0.717, 1.165) is 0 Å². The Kier molecular flexibility index (Phi) is 5.88. The molecule has 0 radical (unpaired) electrons. The fraction of sp³-hybridized carbons (Fsp3) is 0.368. The van der Waals surface area contributed by atoms with Gasteiger partial charge < -0.3 is 0 Å². The molecule has 0 aliphatic carbocycles. The second-order valence-corrected chi connectivity index (χ2v) is 8.63. The molecule has 1 aliphatic heterocycles. The quantitative estimate of drug-likeness (QED) is 0.560. The lowest BCUT2D eigenvalue weighted by molar-refractivity contribution is -0.385. The Morgan fingerprint density at radius 2 is 1.59 bits per heavy atom. The van der Waals surface area contributed by atoms with Crippen molar-refractivity contribution in [2.45, 2.75) is 18.7 Å². The van der Waals surface area contributed by atoms with E-state index in [1.165, 1.54) is 28.1 Å². The largest absolute Gasteiger partial charge is 0.294 e. The average molecular weight is 389 g/mol. The van der Waals surface area contributed by atoms with Crippen LogP contribution in [0.2, 0.25) is 0 Å². The Bertz CT molecular complexity index is 894. The van der Waals surface area contributed by atoms with Crippen molar-refractivity contribution in [3.8, 4) is 0 Å². The number of nitro groups is 1. The number of rotatable bonds is 6. The van der Waals surface area contributed by atoms with E-state index < -0.39 is 14.9 Å². The van der Waals surface area contributed by atoms with E-state index in [-0.39, 0.29) is 23.0 Å². The first kappa shape index (κ1) is 19.5. The van der Waals surface area contributed by atoms with E-state index in [1.807, 2.05) is 18.2 Å². The van der Waals surface area contributed by atoms with Crippen LogP contribution in [0.15, 0.2) is 54.6 Å². The molecule has 7 nitrogen and oxygen atoms in total. The monoisotopic (exact) mass is 389 g/mol. The molecule has 0 saturated carbocycles. The van der Waals surface area contributed by atoms with Gasteiger partial charge in [-0.2, -0.15) is 4.31 Å². The maximum absolute atomic E-state index is 12.8. The van der Waals surface area contributed by atoms with Crippen LogP contribution in [0.4, 0.5) is 5.69 Å². The second-order valence-electron chi connectivity index (χ2n) is 6.66. The van der Waals surface area contributed by atoms with Gasteiger partial charge in [0.05, 0.1) is 10.7 Å². The van der Waals surface area contributed by atoms with Crippen LogP contribution in [-0.4, -0.2) is 48.7 Å². The van der Waals surface area contributed by atoms with Gasteiger partial charge in [-0.15, -0.1) is 0 Å². The topological polar surface area (TPSA) is 83.8 Å². The highest BCUT2D eigenvalue weighted by Crippen LogP contribution is 2.25. The Labute approximate surface area is 159 Å². The standard InChI is InChI=1S/C19H23N3O4S/c1-16(17-7-3-2-4-8-17)20-11-13-21(14-12-20)27(25,26)15-18-9-5-6-10-19(18)22(23)24/h2-10,16H,11-15H2,1H3. The van der Waals surface area contributed by atoms with Gasteiger partial charge in [-0.1, -0.05) is 48.5 Å². The summed E-state index contributed by atoms with van der Waals surface area (Å²) in [5.74, 6) is -0.349. The Hall–Kier alpha value is -2.29. The molecule has 1 heterocycles. The molecule has 0 bridgehead atoms. The Balaban J connectivity index is 1.66. The van der Waals surface area contributed by atoms with Gasteiger partial charge in [0.25, 0.3) is 5.69 Å². The lowest BCUT2D eigenvalue weighted by atomic mass is 10.1. The molecule has 0 N–H and O–H groups in total.